The highest BCUT2D eigenvalue weighted by molar-refractivity contribution is 5.88. The molecule has 0 aromatic carbocycles. The Labute approximate surface area is 65.3 Å². The van der Waals surface area contributed by atoms with E-state index in [2.05, 4.69) is 0 Å². The summed E-state index contributed by atoms with van der Waals surface area (Å²) in [6, 6.07) is 0. The Hall–Kier alpha value is -0.670. The predicted molar refractivity (Wildman–Crippen MR) is 40.0 cm³/mol. The molecule has 0 unspecified atom stereocenters. The molecule has 3 heteroatoms. The minimum absolute atomic E-state index is 0.340. The summed E-state index contributed by atoms with van der Waals surface area (Å²) in [6.07, 6.45) is 5.19. The van der Waals surface area contributed by atoms with Crippen molar-refractivity contribution in [3.63, 3.8) is 0 Å². The van der Waals surface area contributed by atoms with Crippen molar-refractivity contribution in [3.8, 4) is 0 Å². The summed E-state index contributed by atoms with van der Waals surface area (Å²) in [5.41, 5.74) is -1.29. The van der Waals surface area contributed by atoms with E-state index in [0.29, 0.717) is 19.3 Å². The standard InChI is InChI=1S/C8H12O3/c9-6-7(10)8(11)4-2-1-3-5-8/h1-2,9,11H,3-6H2/t8-/m1/s1. The lowest BCUT2D eigenvalue weighted by Crippen LogP contribution is -2.41. The van der Waals surface area contributed by atoms with Crippen molar-refractivity contribution in [2.45, 2.75) is 24.9 Å². The van der Waals surface area contributed by atoms with Gasteiger partial charge in [0.15, 0.2) is 5.78 Å². The second kappa shape index (κ2) is 3.15. The molecular weight excluding hydrogens is 144 g/mol. The summed E-state index contributed by atoms with van der Waals surface area (Å²) in [7, 11) is 0. The number of carbonyl (C=O) groups excluding carboxylic acids is 1. The molecule has 0 fully saturated rings. The van der Waals surface area contributed by atoms with E-state index in [-0.39, 0.29) is 0 Å². The van der Waals surface area contributed by atoms with Gasteiger partial charge in [0.05, 0.1) is 0 Å². The molecule has 11 heavy (non-hydrogen) atoms. The molecule has 1 atom stereocenters. The predicted octanol–water partition coefficient (Wildman–Crippen LogP) is 0.0190. The number of hydrogen-bond acceptors (Lipinski definition) is 3. The van der Waals surface area contributed by atoms with E-state index in [1.165, 1.54) is 0 Å². The normalized spacial score (nSPS) is 30.4. The van der Waals surface area contributed by atoms with Crippen molar-refractivity contribution in [1.29, 1.82) is 0 Å². The molecule has 1 aliphatic carbocycles. The number of Topliss-reactive ketones (excluding diaryl/α,β-unsaturated/α-hetero) is 1. The monoisotopic (exact) mass is 156 g/mol. The molecule has 3 nitrogen and oxygen atoms in total. The van der Waals surface area contributed by atoms with Crippen LogP contribution in [0.25, 0.3) is 0 Å². The van der Waals surface area contributed by atoms with Gasteiger partial charge < -0.3 is 10.2 Å². The Morgan fingerprint density at radius 3 is 2.73 bits per heavy atom. The second-order valence-electron chi connectivity index (χ2n) is 2.83. The minimum Gasteiger partial charge on any atom is -0.388 e. The zero-order valence-corrected chi connectivity index (χ0v) is 6.29. The third-order valence-corrected chi connectivity index (χ3v) is 2.01. The highest BCUT2D eigenvalue weighted by Crippen LogP contribution is 2.23. The third-order valence-electron chi connectivity index (χ3n) is 2.01. The van der Waals surface area contributed by atoms with E-state index in [9.17, 15) is 9.90 Å². The van der Waals surface area contributed by atoms with Gasteiger partial charge in [-0.1, -0.05) is 12.2 Å². The lowest BCUT2D eigenvalue weighted by Gasteiger charge is -2.26. The van der Waals surface area contributed by atoms with Gasteiger partial charge in [-0.25, -0.2) is 0 Å². The molecular formula is C8H12O3. The minimum atomic E-state index is -1.29. The van der Waals surface area contributed by atoms with Crippen LogP contribution in [0.2, 0.25) is 0 Å². The van der Waals surface area contributed by atoms with E-state index in [4.69, 9.17) is 5.11 Å². The summed E-state index contributed by atoms with van der Waals surface area (Å²) in [4.78, 5) is 11.0. The summed E-state index contributed by atoms with van der Waals surface area (Å²) in [6.45, 7) is -0.565. The molecule has 1 aliphatic rings. The maximum Gasteiger partial charge on any atom is 0.189 e. The smallest absolute Gasteiger partial charge is 0.189 e. The summed E-state index contributed by atoms with van der Waals surface area (Å²) in [5.74, 6) is -0.471. The van der Waals surface area contributed by atoms with Crippen LogP contribution >= 0.6 is 0 Å². The van der Waals surface area contributed by atoms with Gasteiger partial charge in [-0.2, -0.15) is 0 Å². The Balaban J connectivity index is 2.66. The van der Waals surface area contributed by atoms with Crippen LogP contribution in [-0.4, -0.2) is 28.2 Å². The van der Waals surface area contributed by atoms with Crippen LogP contribution in [0, 0.1) is 0 Å². The fraction of sp³-hybridized carbons (Fsp3) is 0.625. The first kappa shape index (κ1) is 8.43. The largest absolute Gasteiger partial charge is 0.388 e. The maximum atomic E-state index is 11.0. The Morgan fingerprint density at radius 1 is 1.55 bits per heavy atom. The van der Waals surface area contributed by atoms with Crippen molar-refractivity contribution < 1.29 is 15.0 Å². The van der Waals surface area contributed by atoms with Crippen molar-refractivity contribution in [1.82, 2.24) is 0 Å². The topological polar surface area (TPSA) is 57.5 Å². The number of allylic oxidation sites excluding steroid dienone is 1. The van der Waals surface area contributed by atoms with Crippen LogP contribution in [0.3, 0.4) is 0 Å². The first-order chi connectivity index (χ1) is 5.19. The molecule has 62 valence electrons. The highest BCUT2D eigenvalue weighted by atomic mass is 16.3. The molecule has 0 aromatic heterocycles. The van der Waals surface area contributed by atoms with Gasteiger partial charge in [0, 0.05) is 6.42 Å². The molecule has 1 rings (SSSR count). The van der Waals surface area contributed by atoms with Gasteiger partial charge in [-0.15, -0.1) is 0 Å². The second-order valence-corrected chi connectivity index (χ2v) is 2.83. The van der Waals surface area contributed by atoms with Gasteiger partial charge in [-0.3, -0.25) is 4.79 Å². The lowest BCUT2D eigenvalue weighted by atomic mass is 9.86. The number of carbonyl (C=O) groups is 1. The number of aliphatic hydroxyl groups is 2. The zero-order chi connectivity index (χ0) is 8.32. The van der Waals surface area contributed by atoms with Gasteiger partial charge in [0.25, 0.3) is 0 Å². The van der Waals surface area contributed by atoms with E-state index in [1.54, 1.807) is 6.08 Å². The quantitative estimate of drug-likeness (QED) is 0.554. The van der Waals surface area contributed by atoms with E-state index in [0.717, 1.165) is 0 Å². The molecule has 0 radical (unpaired) electrons. The van der Waals surface area contributed by atoms with Gasteiger partial charge in [-0.05, 0) is 12.8 Å². The van der Waals surface area contributed by atoms with E-state index in [1.807, 2.05) is 6.08 Å². The Morgan fingerprint density at radius 2 is 2.27 bits per heavy atom. The van der Waals surface area contributed by atoms with E-state index >= 15 is 0 Å². The molecule has 0 aromatic rings. The molecule has 0 spiro atoms. The zero-order valence-electron chi connectivity index (χ0n) is 6.29. The van der Waals surface area contributed by atoms with Crippen LogP contribution in [0.15, 0.2) is 12.2 Å². The molecule has 2 N–H and O–H groups in total. The van der Waals surface area contributed by atoms with Gasteiger partial charge in [0.1, 0.15) is 12.2 Å². The van der Waals surface area contributed by atoms with Crippen molar-refractivity contribution in [2.75, 3.05) is 6.61 Å². The number of ketones is 1. The van der Waals surface area contributed by atoms with Crippen molar-refractivity contribution in [3.05, 3.63) is 12.2 Å². The van der Waals surface area contributed by atoms with Crippen LogP contribution in [0.4, 0.5) is 0 Å². The SMILES string of the molecule is O=C(CO)[C@@]1(O)CC=CCC1. The first-order valence-electron chi connectivity index (χ1n) is 3.70. The highest BCUT2D eigenvalue weighted by Gasteiger charge is 2.34. The Bertz CT molecular complexity index is 186. The van der Waals surface area contributed by atoms with Crippen LogP contribution in [0.5, 0.6) is 0 Å². The third kappa shape index (κ3) is 1.67. The number of rotatable bonds is 2. The van der Waals surface area contributed by atoms with E-state index < -0.39 is 18.0 Å². The first-order valence-corrected chi connectivity index (χ1v) is 3.70. The van der Waals surface area contributed by atoms with Crippen LogP contribution in [-0.2, 0) is 4.79 Å². The van der Waals surface area contributed by atoms with Crippen molar-refractivity contribution >= 4 is 5.78 Å². The number of aliphatic hydroxyl groups excluding tert-OH is 1. The molecule has 0 saturated heterocycles. The molecule has 0 aliphatic heterocycles. The van der Waals surface area contributed by atoms with Crippen molar-refractivity contribution in [2.24, 2.45) is 0 Å². The fourth-order valence-electron chi connectivity index (χ4n) is 1.22. The summed E-state index contributed by atoms with van der Waals surface area (Å²) >= 11 is 0. The fourth-order valence-corrected chi connectivity index (χ4v) is 1.22. The summed E-state index contributed by atoms with van der Waals surface area (Å²) < 4.78 is 0. The molecule has 0 saturated carbocycles. The molecule has 0 bridgehead atoms. The van der Waals surface area contributed by atoms with Gasteiger partial charge in [0.2, 0.25) is 0 Å². The molecule has 0 heterocycles. The Kier molecular flexibility index (Phi) is 2.42. The molecule has 0 amide bonds. The number of hydrogen-bond donors (Lipinski definition) is 2. The lowest BCUT2D eigenvalue weighted by molar-refractivity contribution is -0.141. The van der Waals surface area contributed by atoms with Crippen LogP contribution < -0.4 is 0 Å². The summed E-state index contributed by atoms with van der Waals surface area (Å²) in [5, 5.41) is 18.1. The van der Waals surface area contributed by atoms with Crippen LogP contribution in [0.1, 0.15) is 19.3 Å². The van der Waals surface area contributed by atoms with Gasteiger partial charge >= 0.3 is 0 Å². The average Bonchev–Trinajstić information content (AvgIpc) is 2.04. The maximum absolute atomic E-state index is 11.0. The average molecular weight is 156 g/mol.